The zero-order valence-electron chi connectivity index (χ0n) is 9.96. The molecular formula is C12H13F3N2O2. The van der Waals surface area contributed by atoms with E-state index in [0.717, 1.165) is 31.4 Å². The van der Waals surface area contributed by atoms with E-state index in [2.05, 4.69) is 15.1 Å². The lowest BCUT2D eigenvalue weighted by Crippen LogP contribution is -2.42. The first-order valence-corrected chi connectivity index (χ1v) is 6.17. The van der Waals surface area contributed by atoms with Crippen molar-refractivity contribution in [2.45, 2.75) is 43.6 Å². The summed E-state index contributed by atoms with van der Waals surface area (Å²) in [6, 6.07) is 2.45. The number of alkyl halides is 3. The minimum atomic E-state index is -4.56. The summed E-state index contributed by atoms with van der Waals surface area (Å²) < 4.78 is 41.6. The Morgan fingerprint density at radius 3 is 2.68 bits per heavy atom. The predicted octanol–water partition coefficient (Wildman–Crippen LogP) is 1.92. The van der Waals surface area contributed by atoms with Crippen molar-refractivity contribution in [1.82, 2.24) is 10.6 Å². The van der Waals surface area contributed by atoms with E-state index in [1.807, 2.05) is 0 Å². The second-order valence-electron chi connectivity index (χ2n) is 5.02. The smallest absolute Gasteiger partial charge is 0.446 e. The van der Waals surface area contributed by atoms with Crippen LogP contribution in [0.1, 0.15) is 35.6 Å². The molecule has 19 heavy (non-hydrogen) atoms. The van der Waals surface area contributed by atoms with Crippen molar-refractivity contribution in [1.29, 1.82) is 0 Å². The highest BCUT2D eigenvalue weighted by molar-refractivity contribution is 5.91. The van der Waals surface area contributed by atoms with Crippen LogP contribution < -0.4 is 10.6 Å². The number of fused-ring (bicyclic) bond motifs is 2. The third kappa shape index (κ3) is 2.34. The Bertz CT molecular complexity index is 497. The first kappa shape index (κ1) is 12.5. The molecule has 0 radical (unpaired) electrons. The van der Waals surface area contributed by atoms with E-state index >= 15 is 0 Å². The normalized spacial score (nSPS) is 29.7. The predicted molar refractivity (Wildman–Crippen MR) is 59.5 cm³/mol. The van der Waals surface area contributed by atoms with E-state index in [4.69, 9.17) is 0 Å². The molecule has 4 nitrogen and oxygen atoms in total. The fourth-order valence-corrected chi connectivity index (χ4v) is 2.84. The second-order valence-corrected chi connectivity index (χ2v) is 5.02. The summed E-state index contributed by atoms with van der Waals surface area (Å²) in [5.41, 5.74) is 0. The van der Waals surface area contributed by atoms with Gasteiger partial charge in [0.2, 0.25) is 5.76 Å². The Kier molecular flexibility index (Phi) is 2.81. The Labute approximate surface area is 107 Å². The molecule has 1 aromatic rings. The van der Waals surface area contributed by atoms with Crippen LogP contribution in [-0.2, 0) is 6.18 Å². The van der Waals surface area contributed by atoms with Crippen LogP contribution >= 0.6 is 0 Å². The summed E-state index contributed by atoms with van der Waals surface area (Å²) in [4.78, 5) is 11.8. The molecule has 0 saturated carbocycles. The van der Waals surface area contributed by atoms with Gasteiger partial charge in [0.15, 0.2) is 5.76 Å². The van der Waals surface area contributed by atoms with Crippen LogP contribution in [0.3, 0.4) is 0 Å². The molecule has 7 heteroatoms. The Morgan fingerprint density at radius 1 is 1.37 bits per heavy atom. The molecule has 2 bridgehead atoms. The first-order valence-electron chi connectivity index (χ1n) is 6.17. The molecule has 3 unspecified atom stereocenters. The van der Waals surface area contributed by atoms with E-state index in [-0.39, 0.29) is 17.8 Å². The van der Waals surface area contributed by atoms with Crippen molar-refractivity contribution in [2.75, 3.05) is 0 Å². The zero-order valence-corrected chi connectivity index (χ0v) is 9.96. The van der Waals surface area contributed by atoms with Gasteiger partial charge >= 0.3 is 6.18 Å². The van der Waals surface area contributed by atoms with E-state index in [1.54, 1.807) is 0 Å². The quantitative estimate of drug-likeness (QED) is 0.866. The number of rotatable bonds is 2. The third-order valence-corrected chi connectivity index (χ3v) is 3.73. The Hall–Kier alpha value is -1.50. The molecule has 2 aliphatic rings. The van der Waals surface area contributed by atoms with Crippen molar-refractivity contribution in [3.05, 3.63) is 23.7 Å². The number of furan rings is 1. The zero-order chi connectivity index (χ0) is 13.6. The van der Waals surface area contributed by atoms with Gasteiger partial charge in [-0.1, -0.05) is 0 Å². The van der Waals surface area contributed by atoms with Crippen LogP contribution in [0.2, 0.25) is 0 Å². The number of hydrogen-bond donors (Lipinski definition) is 2. The number of hydrogen-bond acceptors (Lipinski definition) is 3. The van der Waals surface area contributed by atoms with Gasteiger partial charge in [0.25, 0.3) is 5.91 Å². The lowest BCUT2D eigenvalue weighted by molar-refractivity contribution is -0.153. The molecule has 104 valence electrons. The van der Waals surface area contributed by atoms with Crippen molar-refractivity contribution in [2.24, 2.45) is 0 Å². The van der Waals surface area contributed by atoms with Gasteiger partial charge < -0.3 is 15.1 Å². The van der Waals surface area contributed by atoms with Crippen LogP contribution in [0, 0.1) is 0 Å². The lowest BCUT2D eigenvalue weighted by Gasteiger charge is -2.20. The Morgan fingerprint density at radius 2 is 2.16 bits per heavy atom. The summed E-state index contributed by atoms with van der Waals surface area (Å²) in [6.45, 7) is 0. The monoisotopic (exact) mass is 274 g/mol. The average Bonchev–Trinajstić information content (AvgIpc) is 3.03. The minimum Gasteiger partial charge on any atom is -0.446 e. The van der Waals surface area contributed by atoms with Crippen LogP contribution in [0.4, 0.5) is 13.2 Å². The standard InChI is InChI=1S/C12H13F3N2O2/c13-12(14,15)10-4-3-9(19-10)11(18)17-8-5-6-1-2-7(8)16-6/h3-4,6-8,16H,1-2,5H2,(H,17,18). The van der Waals surface area contributed by atoms with Gasteiger partial charge in [-0.3, -0.25) is 4.79 Å². The first-order chi connectivity index (χ1) is 8.93. The Balaban J connectivity index is 1.66. The molecule has 2 aliphatic heterocycles. The summed E-state index contributed by atoms with van der Waals surface area (Å²) >= 11 is 0. The molecule has 3 heterocycles. The highest BCUT2D eigenvalue weighted by Crippen LogP contribution is 2.31. The van der Waals surface area contributed by atoms with Crippen LogP contribution in [0.25, 0.3) is 0 Å². The molecule has 3 atom stereocenters. The van der Waals surface area contributed by atoms with Gasteiger partial charge in [-0.15, -0.1) is 0 Å². The molecule has 0 aromatic carbocycles. The maximum Gasteiger partial charge on any atom is 0.449 e. The fourth-order valence-electron chi connectivity index (χ4n) is 2.84. The molecular weight excluding hydrogens is 261 g/mol. The van der Waals surface area contributed by atoms with Gasteiger partial charge in [0.1, 0.15) is 0 Å². The van der Waals surface area contributed by atoms with Gasteiger partial charge in [0.05, 0.1) is 0 Å². The fraction of sp³-hybridized carbons (Fsp3) is 0.583. The van der Waals surface area contributed by atoms with Crippen molar-refractivity contribution >= 4 is 5.91 Å². The van der Waals surface area contributed by atoms with Gasteiger partial charge in [-0.25, -0.2) is 0 Å². The minimum absolute atomic E-state index is 0.0225. The molecule has 3 rings (SSSR count). The molecule has 0 spiro atoms. The van der Waals surface area contributed by atoms with E-state index in [1.165, 1.54) is 0 Å². The molecule has 2 fully saturated rings. The van der Waals surface area contributed by atoms with Crippen molar-refractivity contribution < 1.29 is 22.4 Å². The van der Waals surface area contributed by atoms with Gasteiger partial charge in [0, 0.05) is 18.1 Å². The molecule has 2 saturated heterocycles. The lowest BCUT2D eigenvalue weighted by atomic mass is 9.95. The molecule has 0 aliphatic carbocycles. The van der Waals surface area contributed by atoms with Gasteiger partial charge in [-0.05, 0) is 31.4 Å². The molecule has 1 aromatic heterocycles. The average molecular weight is 274 g/mol. The summed E-state index contributed by atoms with van der Waals surface area (Å²) in [6.07, 6.45) is -1.66. The van der Waals surface area contributed by atoms with Crippen LogP contribution in [0.15, 0.2) is 16.5 Å². The molecule has 2 N–H and O–H groups in total. The van der Waals surface area contributed by atoms with Crippen molar-refractivity contribution in [3.63, 3.8) is 0 Å². The van der Waals surface area contributed by atoms with E-state index in [0.29, 0.717) is 6.04 Å². The number of amides is 1. The summed E-state index contributed by atoms with van der Waals surface area (Å²) in [5.74, 6) is -2.03. The second kappa shape index (κ2) is 4.26. The highest BCUT2D eigenvalue weighted by Gasteiger charge is 2.40. The number of halogens is 3. The maximum absolute atomic E-state index is 12.4. The summed E-state index contributed by atoms with van der Waals surface area (Å²) in [7, 11) is 0. The van der Waals surface area contributed by atoms with Gasteiger partial charge in [-0.2, -0.15) is 13.2 Å². The number of carbonyl (C=O) groups is 1. The number of carbonyl (C=O) groups excluding carboxylic acids is 1. The third-order valence-electron chi connectivity index (χ3n) is 3.73. The summed E-state index contributed by atoms with van der Waals surface area (Å²) in [5, 5.41) is 6.07. The topological polar surface area (TPSA) is 54.3 Å². The highest BCUT2D eigenvalue weighted by atomic mass is 19.4. The van der Waals surface area contributed by atoms with E-state index < -0.39 is 17.8 Å². The van der Waals surface area contributed by atoms with Crippen LogP contribution in [0.5, 0.6) is 0 Å². The van der Waals surface area contributed by atoms with Crippen LogP contribution in [-0.4, -0.2) is 24.0 Å². The van der Waals surface area contributed by atoms with Crippen molar-refractivity contribution in [3.8, 4) is 0 Å². The maximum atomic E-state index is 12.4. The SMILES string of the molecule is O=C(NC1CC2CCC1N2)c1ccc(C(F)(F)F)o1. The number of nitrogens with one attached hydrogen (secondary N) is 2. The molecule has 1 amide bonds. The largest absolute Gasteiger partial charge is 0.449 e. The van der Waals surface area contributed by atoms with E-state index in [9.17, 15) is 18.0 Å².